The van der Waals surface area contributed by atoms with E-state index in [4.69, 9.17) is 0 Å². The van der Waals surface area contributed by atoms with Crippen LogP contribution in [0.5, 0.6) is 0 Å². The molecule has 1 fully saturated rings. The van der Waals surface area contributed by atoms with Crippen LogP contribution >= 0.6 is 0 Å². The topological polar surface area (TPSA) is 86.8 Å². The highest BCUT2D eigenvalue weighted by Crippen LogP contribution is 2.43. The van der Waals surface area contributed by atoms with Crippen LogP contribution in [0.15, 0.2) is 47.4 Å². The van der Waals surface area contributed by atoms with Crippen molar-refractivity contribution in [1.29, 1.82) is 0 Å². The van der Waals surface area contributed by atoms with Gasteiger partial charge in [0.05, 0.1) is 10.3 Å². The normalized spacial score (nSPS) is 20.5. The number of nitrogens with zero attached hydrogens (tertiary/aromatic N) is 2. The summed E-state index contributed by atoms with van der Waals surface area (Å²) in [5.41, 5.74) is 0.376. The molecule has 0 aliphatic carbocycles. The maximum absolute atomic E-state index is 13.4. The van der Waals surface area contributed by atoms with Crippen LogP contribution in [0.1, 0.15) is 39.2 Å². The summed E-state index contributed by atoms with van der Waals surface area (Å²) in [4.78, 5) is 27.2. The number of sulfonamides is 1. The van der Waals surface area contributed by atoms with Gasteiger partial charge in [-0.2, -0.15) is 4.31 Å². The largest absolute Gasteiger partial charge is 0.324 e. The van der Waals surface area contributed by atoms with Crippen molar-refractivity contribution in [2.24, 2.45) is 5.92 Å². The lowest BCUT2D eigenvalue weighted by Crippen LogP contribution is -2.40. The molecule has 0 spiro atoms. The summed E-state index contributed by atoms with van der Waals surface area (Å²) in [5, 5.41) is 2.60. The van der Waals surface area contributed by atoms with E-state index < -0.39 is 27.2 Å². The predicted molar refractivity (Wildman–Crippen MR) is 124 cm³/mol. The Morgan fingerprint density at radius 2 is 1.97 bits per heavy atom. The van der Waals surface area contributed by atoms with E-state index in [-0.39, 0.29) is 17.3 Å². The zero-order valence-corrected chi connectivity index (χ0v) is 19.8. The minimum absolute atomic E-state index is 0.155. The van der Waals surface area contributed by atoms with Crippen molar-refractivity contribution in [3.05, 3.63) is 53.8 Å². The molecule has 0 bridgehead atoms. The third kappa shape index (κ3) is 4.39. The fraction of sp³-hybridized carbons (Fsp3) is 0.417. The third-order valence-corrected chi connectivity index (χ3v) is 8.24. The standard InChI is InChI=1S/C24H28FN3O4S/c1-16-6-5-11-27(14-16)33(31,32)19-9-10-21-20(13-19)24(2,3)23(30)28(21)15-22(29)26-18-8-4-7-17(25)12-18/h4,7-10,12-13,16H,5-6,11,14-15H2,1-3H3,(H,26,29). The van der Waals surface area contributed by atoms with Crippen LogP contribution in [0, 0.1) is 11.7 Å². The molecule has 0 radical (unpaired) electrons. The highest BCUT2D eigenvalue weighted by atomic mass is 32.2. The smallest absolute Gasteiger partial charge is 0.244 e. The van der Waals surface area contributed by atoms with Crippen molar-refractivity contribution in [3.8, 4) is 0 Å². The van der Waals surface area contributed by atoms with Crippen LogP contribution in [0.25, 0.3) is 0 Å². The first-order valence-electron chi connectivity index (χ1n) is 11.0. The van der Waals surface area contributed by atoms with Crippen molar-refractivity contribution in [2.45, 2.75) is 43.9 Å². The van der Waals surface area contributed by atoms with Crippen LogP contribution in [0.2, 0.25) is 0 Å². The average molecular weight is 474 g/mol. The lowest BCUT2D eigenvalue weighted by Gasteiger charge is -2.30. The maximum Gasteiger partial charge on any atom is 0.244 e. The second kappa shape index (κ2) is 8.53. The molecule has 2 aromatic rings. The van der Waals surface area contributed by atoms with Crippen LogP contribution in [0.3, 0.4) is 0 Å². The fourth-order valence-electron chi connectivity index (χ4n) is 4.55. The molecule has 1 unspecified atom stereocenters. The van der Waals surface area contributed by atoms with Crippen LogP contribution in [-0.2, 0) is 25.0 Å². The van der Waals surface area contributed by atoms with E-state index in [1.165, 1.54) is 33.5 Å². The van der Waals surface area contributed by atoms with Gasteiger partial charge in [-0.15, -0.1) is 0 Å². The first kappa shape index (κ1) is 23.4. The lowest BCUT2D eigenvalue weighted by molar-refractivity contribution is -0.124. The van der Waals surface area contributed by atoms with Crippen molar-refractivity contribution in [3.63, 3.8) is 0 Å². The van der Waals surface area contributed by atoms with E-state index in [0.717, 1.165) is 12.8 Å². The summed E-state index contributed by atoms with van der Waals surface area (Å²) in [6, 6.07) is 10.2. The number of rotatable bonds is 5. The molecule has 176 valence electrons. The molecule has 2 aromatic carbocycles. The molecule has 2 heterocycles. The van der Waals surface area contributed by atoms with E-state index >= 15 is 0 Å². The highest BCUT2D eigenvalue weighted by molar-refractivity contribution is 7.89. The van der Waals surface area contributed by atoms with E-state index in [1.807, 2.05) is 6.92 Å². The molecule has 0 saturated carbocycles. The molecule has 7 nitrogen and oxygen atoms in total. The van der Waals surface area contributed by atoms with Gasteiger partial charge in [-0.1, -0.05) is 13.0 Å². The molecule has 1 atom stereocenters. The van der Waals surface area contributed by atoms with Crippen molar-refractivity contribution >= 4 is 33.2 Å². The van der Waals surface area contributed by atoms with Crippen LogP contribution in [0.4, 0.5) is 15.8 Å². The summed E-state index contributed by atoms with van der Waals surface area (Å²) in [6.07, 6.45) is 1.83. The van der Waals surface area contributed by atoms with Crippen molar-refractivity contribution < 1.29 is 22.4 Å². The molecular formula is C24H28FN3O4S. The van der Waals surface area contributed by atoms with Gasteiger partial charge in [0.1, 0.15) is 12.4 Å². The number of amides is 2. The predicted octanol–water partition coefficient (Wildman–Crippen LogP) is 3.51. The lowest BCUT2D eigenvalue weighted by atomic mass is 9.86. The SMILES string of the molecule is CC1CCCN(S(=O)(=O)c2ccc3c(c2)C(C)(C)C(=O)N3CC(=O)Nc2cccc(F)c2)C1. The van der Waals surface area contributed by atoms with Gasteiger partial charge in [-0.05, 0) is 74.6 Å². The van der Waals surface area contributed by atoms with Gasteiger partial charge >= 0.3 is 0 Å². The van der Waals surface area contributed by atoms with E-state index in [0.29, 0.717) is 35.9 Å². The molecule has 33 heavy (non-hydrogen) atoms. The first-order chi connectivity index (χ1) is 15.5. The summed E-state index contributed by atoms with van der Waals surface area (Å²) >= 11 is 0. The Kier molecular flexibility index (Phi) is 6.05. The summed E-state index contributed by atoms with van der Waals surface area (Å²) in [5.74, 6) is -0.953. The molecule has 2 aliphatic heterocycles. The zero-order chi connectivity index (χ0) is 24.0. The van der Waals surface area contributed by atoms with Crippen LogP contribution < -0.4 is 10.2 Å². The first-order valence-corrected chi connectivity index (χ1v) is 12.5. The number of fused-ring (bicyclic) bond motifs is 1. The molecule has 2 amide bonds. The van der Waals surface area contributed by atoms with Crippen LogP contribution in [-0.4, -0.2) is 44.2 Å². The van der Waals surface area contributed by atoms with E-state index in [1.54, 1.807) is 32.0 Å². The summed E-state index contributed by atoms with van der Waals surface area (Å²) in [7, 11) is -3.68. The highest BCUT2D eigenvalue weighted by Gasteiger charge is 2.45. The van der Waals surface area contributed by atoms with Crippen molar-refractivity contribution in [1.82, 2.24) is 4.31 Å². The van der Waals surface area contributed by atoms with Gasteiger partial charge in [-0.25, -0.2) is 12.8 Å². The van der Waals surface area contributed by atoms with Crippen molar-refractivity contribution in [2.75, 3.05) is 29.9 Å². The minimum atomic E-state index is -3.68. The number of halogens is 1. The van der Waals surface area contributed by atoms with Gasteiger partial charge in [0, 0.05) is 24.5 Å². The quantitative estimate of drug-likeness (QED) is 0.720. The van der Waals surface area contributed by atoms with Gasteiger partial charge in [-0.3, -0.25) is 9.59 Å². The van der Waals surface area contributed by atoms with Gasteiger partial charge in [0.2, 0.25) is 21.8 Å². The Morgan fingerprint density at radius 3 is 2.67 bits per heavy atom. The van der Waals surface area contributed by atoms with Gasteiger partial charge in [0.15, 0.2) is 0 Å². The number of anilines is 2. The Bertz CT molecular complexity index is 1210. The number of carbonyl (C=O) groups excluding carboxylic acids is 2. The number of benzene rings is 2. The molecular weight excluding hydrogens is 445 g/mol. The second-order valence-electron chi connectivity index (χ2n) is 9.36. The second-order valence-corrected chi connectivity index (χ2v) is 11.3. The molecule has 1 N–H and O–H groups in total. The van der Waals surface area contributed by atoms with Gasteiger partial charge < -0.3 is 10.2 Å². The monoisotopic (exact) mass is 473 g/mol. The zero-order valence-electron chi connectivity index (χ0n) is 19.0. The number of hydrogen-bond donors (Lipinski definition) is 1. The molecule has 0 aromatic heterocycles. The van der Waals surface area contributed by atoms with E-state index in [9.17, 15) is 22.4 Å². The summed E-state index contributed by atoms with van der Waals surface area (Å²) < 4.78 is 41.4. The van der Waals surface area contributed by atoms with E-state index in [2.05, 4.69) is 5.32 Å². The Labute approximate surface area is 193 Å². The number of nitrogens with one attached hydrogen (secondary N) is 1. The Balaban J connectivity index is 1.60. The fourth-order valence-corrected chi connectivity index (χ4v) is 6.18. The number of piperidine rings is 1. The average Bonchev–Trinajstić information content (AvgIpc) is 2.94. The third-order valence-electron chi connectivity index (χ3n) is 6.38. The molecule has 1 saturated heterocycles. The van der Waals surface area contributed by atoms with Gasteiger partial charge in [0.25, 0.3) is 0 Å². The molecule has 9 heteroatoms. The number of carbonyl (C=O) groups is 2. The summed E-state index contributed by atoms with van der Waals surface area (Å²) in [6.45, 7) is 6.18. The number of hydrogen-bond acceptors (Lipinski definition) is 4. The molecule has 2 aliphatic rings. The molecule has 4 rings (SSSR count). The Hall–Kier alpha value is -2.78. The Morgan fingerprint density at radius 1 is 1.21 bits per heavy atom. The maximum atomic E-state index is 13.4. The minimum Gasteiger partial charge on any atom is -0.324 e.